The van der Waals surface area contributed by atoms with Crippen LogP contribution >= 0.6 is 0 Å². The molecule has 3 N–H and O–H groups in total. The van der Waals surface area contributed by atoms with Gasteiger partial charge in [-0.1, -0.05) is 12.1 Å². The third-order valence-electron chi connectivity index (χ3n) is 2.71. The smallest absolute Gasteiger partial charge is 0.248 e. The van der Waals surface area contributed by atoms with E-state index in [0.717, 1.165) is 0 Å². The molecule has 0 aromatic heterocycles. The quantitative estimate of drug-likeness (QED) is 0.904. The van der Waals surface area contributed by atoms with Crippen LogP contribution in [-0.2, 0) is 6.54 Å². The molecule has 0 atom stereocenters. The minimum atomic E-state index is -1.00. The molecule has 0 aliphatic heterocycles. The van der Waals surface area contributed by atoms with Crippen LogP contribution in [0.5, 0.6) is 0 Å². The minimum Gasteiger partial charge on any atom is -0.376 e. The SMILES string of the molecule is NC(=O)c1ccc(CNc2c(F)cc(F)cc2F)cc1. The fraction of sp³-hybridized carbons (Fsp3) is 0.0714. The van der Waals surface area contributed by atoms with Crippen molar-refractivity contribution in [1.29, 1.82) is 0 Å². The van der Waals surface area contributed by atoms with Crippen molar-refractivity contribution >= 4 is 11.6 Å². The fourth-order valence-corrected chi connectivity index (χ4v) is 1.69. The van der Waals surface area contributed by atoms with E-state index in [-0.39, 0.29) is 6.54 Å². The number of halogens is 3. The lowest BCUT2D eigenvalue weighted by Crippen LogP contribution is -2.11. The standard InChI is InChI=1S/C14H11F3N2O/c15-10-5-11(16)13(12(17)6-10)19-7-8-1-3-9(4-2-8)14(18)20/h1-6,19H,7H2,(H2,18,20). The van der Waals surface area contributed by atoms with Gasteiger partial charge in [-0.2, -0.15) is 0 Å². The lowest BCUT2D eigenvalue weighted by Gasteiger charge is -2.09. The Morgan fingerprint density at radius 1 is 1.05 bits per heavy atom. The summed E-state index contributed by atoms with van der Waals surface area (Å²) >= 11 is 0. The average molecular weight is 280 g/mol. The summed E-state index contributed by atoms with van der Waals surface area (Å²) in [6.07, 6.45) is 0. The van der Waals surface area contributed by atoms with Gasteiger partial charge in [0.05, 0.1) is 0 Å². The first kappa shape index (κ1) is 13.9. The number of hydrogen-bond donors (Lipinski definition) is 2. The van der Waals surface area contributed by atoms with Gasteiger partial charge in [-0.05, 0) is 17.7 Å². The molecule has 0 bridgehead atoms. The molecular formula is C14H11F3N2O. The van der Waals surface area contributed by atoms with E-state index in [0.29, 0.717) is 23.3 Å². The van der Waals surface area contributed by atoms with Gasteiger partial charge in [0.25, 0.3) is 0 Å². The van der Waals surface area contributed by atoms with Gasteiger partial charge < -0.3 is 11.1 Å². The molecule has 0 radical (unpaired) electrons. The van der Waals surface area contributed by atoms with Crippen molar-refractivity contribution < 1.29 is 18.0 Å². The molecule has 0 aliphatic carbocycles. The van der Waals surface area contributed by atoms with Crippen molar-refractivity contribution in [3.63, 3.8) is 0 Å². The van der Waals surface area contributed by atoms with E-state index in [1.54, 1.807) is 12.1 Å². The van der Waals surface area contributed by atoms with Gasteiger partial charge in [0.15, 0.2) is 11.6 Å². The van der Waals surface area contributed by atoms with E-state index in [9.17, 15) is 18.0 Å². The zero-order valence-corrected chi connectivity index (χ0v) is 10.3. The van der Waals surface area contributed by atoms with Crippen LogP contribution in [0.15, 0.2) is 36.4 Å². The molecule has 104 valence electrons. The predicted molar refractivity (Wildman–Crippen MR) is 68.6 cm³/mol. The number of carbonyl (C=O) groups excluding carboxylic acids is 1. The summed E-state index contributed by atoms with van der Waals surface area (Å²) in [7, 11) is 0. The highest BCUT2D eigenvalue weighted by Crippen LogP contribution is 2.20. The first-order valence-corrected chi connectivity index (χ1v) is 5.74. The summed E-state index contributed by atoms with van der Waals surface area (Å²) in [6, 6.07) is 7.43. The molecule has 0 saturated heterocycles. The number of anilines is 1. The van der Waals surface area contributed by atoms with Crippen LogP contribution in [0.2, 0.25) is 0 Å². The maximum absolute atomic E-state index is 13.4. The highest BCUT2D eigenvalue weighted by molar-refractivity contribution is 5.92. The normalized spacial score (nSPS) is 10.3. The first-order chi connectivity index (χ1) is 9.47. The van der Waals surface area contributed by atoms with Gasteiger partial charge in [0.1, 0.15) is 11.5 Å². The molecule has 0 unspecified atom stereocenters. The maximum atomic E-state index is 13.4. The summed E-state index contributed by atoms with van der Waals surface area (Å²) in [5.41, 5.74) is 5.73. The van der Waals surface area contributed by atoms with Crippen molar-refractivity contribution in [2.45, 2.75) is 6.54 Å². The second kappa shape index (κ2) is 5.64. The van der Waals surface area contributed by atoms with E-state index in [2.05, 4.69) is 5.32 Å². The van der Waals surface area contributed by atoms with Gasteiger partial charge in [-0.25, -0.2) is 13.2 Å². The van der Waals surface area contributed by atoms with Crippen LogP contribution in [0.25, 0.3) is 0 Å². The molecule has 6 heteroatoms. The Balaban J connectivity index is 2.11. The molecule has 20 heavy (non-hydrogen) atoms. The second-order valence-corrected chi connectivity index (χ2v) is 4.16. The van der Waals surface area contributed by atoms with Crippen molar-refractivity contribution in [3.8, 4) is 0 Å². The number of hydrogen-bond acceptors (Lipinski definition) is 2. The van der Waals surface area contributed by atoms with Crippen LogP contribution in [-0.4, -0.2) is 5.91 Å². The maximum Gasteiger partial charge on any atom is 0.248 e. The van der Waals surface area contributed by atoms with Gasteiger partial charge in [0, 0.05) is 24.2 Å². The molecule has 2 aromatic carbocycles. The van der Waals surface area contributed by atoms with E-state index in [1.807, 2.05) is 0 Å². The lowest BCUT2D eigenvalue weighted by molar-refractivity contribution is 0.100. The van der Waals surface area contributed by atoms with Gasteiger partial charge >= 0.3 is 0 Å². The molecule has 3 nitrogen and oxygen atoms in total. The summed E-state index contributed by atoms with van der Waals surface area (Å²) in [5.74, 6) is -3.54. The van der Waals surface area contributed by atoms with Crippen LogP contribution in [0.4, 0.5) is 18.9 Å². The molecule has 0 aliphatic rings. The van der Waals surface area contributed by atoms with Gasteiger partial charge in [0.2, 0.25) is 5.91 Å². The number of amides is 1. The lowest BCUT2D eigenvalue weighted by atomic mass is 10.1. The Hall–Kier alpha value is -2.50. The number of benzene rings is 2. The molecule has 0 fully saturated rings. The average Bonchev–Trinajstić information content (AvgIpc) is 2.38. The van der Waals surface area contributed by atoms with Crippen LogP contribution in [0.3, 0.4) is 0 Å². The van der Waals surface area contributed by atoms with E-state index >= 15 is 0 Å². The van der Waals surface area contributed by atoms with Crippen LogP contribution in [0.1, 0.15) is 15.9 Å². The summed E-state index contributed by atoms with van der Waals surface area (Å²) in [5, 5.41) is 2.54. The first-order valence-electron chi connectivity index (χ1n) is 5.74. The Labute approximate surface area is 113 Å². The Morgan fingerprint density at radius 2 is 1.60 bits per heavy atom. The van der Waals surface area contributed by atoms with Crippen molar-refractivity contribution in [2.75, 3.05) is 5.32 Å². The Morgan fingerprint density at radius 3 is 2.10 bits per heavy atom. The van der Waals surface area contributed by atoms with E-state index in [4.69, 9.17) is 5.73 Å². The van der Waals surface area contributed by atoms with E-state index < -0.39 is 29.0 Å². The highest BCUT2D eigenvalue weighted by Gasteiger charge is 2.11. The van der Waals surface area contributed by atoms with Crippen molar-refractivity contribution in [2.24, 2.45) is 5.73 Å². The molecule has 1 amide bonds. The molecular weight excluding hydrogens is 269 g/mol. The number of carbonyl (C=O) groups is 1. The summed E-state index contributed by atoms with van der Waals surface area (Å²) in [4.78, 5) is 10.9. The van der Waals surface area contributed by atoms with Gasteiger partial charge in [-0.3, -0.25) is 4.79 Å². The number of rotatable bonds is 4. The highest BCUT2D eigenvalue weighted by atomic mass is 19.1. The number of nitrogens with one attached hydrogen (secondary N) is 1. The fourth-order valence-electron chi connectivity index (χ4n) is 1.69. The summed E-state index contributed by atoms with van der Waals surface area (Å²) < 4.78 is 39.5. The zero-order valence-electron chi connectivity index (χ0n) is 10.3. The van der Waals surface area contributed by atoms with Crippen molar-refractivity contribution in [3.05, 3.63) is 65.0 Å². The number of nitrogens with two attached hydrogens (primary N) is 1. The number of primary amides is 1. The Kier molecular flexibility index (Phi) is 3.93. The zero-order chi connectivity index (χ0) is 14.7. The largest absolute Gasteiger partial charge is 0.376 e. The monoisotopic (exact) mass is 280 g/mol. The third kappa shape index (κ3) is 3.09. The minimum absolute atomic E-state index is 0.124. The van der Waals surface area contributed by atoms with Crippen LogP contribution in [0, 0.1) is 17.5 Å². The van der Waals surface area contributed by atoms with Gasteiger partial charge in [-0.15, -0.1) is 0 Å². The predicted octanol–water partition coefficient (Wildman–Crippen LogP) is 2.81. The topological polar surface area (TPSA) is 55.1 Å². The summed E-state index contributed by atoms with van der Waals surface area (Å²) in [6.45, 7) is 0.124. The molecule has 0 heterocycles. The van der Waals surface area contributed by atoms with E-state index in [1.165, 1.54) is 12.1 Å². The van der Waals surface area contributed by atoms with Crippen molar-refractivity contribution in [1.82, 2.24) is 0 Å². The second-order valence-electron chi connectivity index (χ2n) is 4.16. The third-order valence-corrected chi connectivity index (χ3v) is 2.71. The molecule has 0 spiro atoms. The van der Waals surface area contributed by atoms with Crippen LogP contribution < -0.4 is 11.1 Å². The molecule has 2 aromatic rings. The molecule has 0 saturated carbocycles. The Bertz CT molecular complexity index is 618. The molecule has 2 rings (SSSR count).